The summed E-state index contributed by atoms with van der Waals surface area (Å²) in [4.78, 5) is 9.70. The van der Waals surface area contributed by atoms with E-state index in [-0.39, 0.29) is 18.5 Å². The van der Waals surface area contributed by atoms with Gasteiger partial charge < -0.3 is 26.5 Å². The smallest absolute Gasteiger partial charge is 0.253 e. The van der Waals surface area contributed by atoms with Crippen LogP contribution in [0, 0.1) is 0 Å². The first-order valence-electron chi connectivity index (χ1n) is 7.12. The monoisotopic (exact) mass is 385 g/mol. The van der Waals surface area contributed by atoms with Crippen LogP contribution in [0.25, 0.3) is 11.5 Å². The molecule has 0 atom stereocenters. The topological polar surface area (TPSA) is 166 Å². The maximum atomic E-state index is 11.2. The Hall–Kier alpha value is -2.60. The van der Waals surface area contributed by atoms with Crippen LogP contribution >= 0.6 is 11.3 Å². The molecular weight excluding hydrogens is 366 g/mol. The summed E-state index contributed by atoms with van der Waals surface area (Å²) in [5.41, 5.74) is 17.0. The molecule has 0 bridgehead atoms. The van der Waals surface area contributed by atoms with Crippen molar-refractivity contribution < 1.29 is 12.8 Å². The van der Waals surface area contributed by atoms with E-state index in [9.17, 15) is 8.42 Å². The predicted molar refractivity (Wildman–Crippen MR) is 97.8 cm³/mol. The first-order chi connectivity index (χ1) is 11.7. The van der Waals surface area contributed by atoms with Gasteiger partial charge in [0.2, 0.25) is 11.1 Å². The van der Waals surface area contributed by atoms with Gasteiger partial charge in [0, 0.05) is 11.9 Å². The summed E-state index contributed by atoms with van der Waals surface area (Å²) in [5.74, 6) is 0.963. The number of nitrogens with zero attached hydrogens (tertiary/aromatic N) is 4. The summed E-state index contributed by atoms with van der Waals surface area (Å²) < 4.78 is 31.7. The van der Waals surface area contributed by atoms with Crippen LogP contribution in [0.5, 0.6) is 0 Å². The number of furan rings is 1. The lowest BCUT2D eigenvalue weighted by Gasteiger charge is -2.19. The van der Waals surface area contributed by atoms with Gasteiger partial charge >= 0.3 is 0 Å². The minimum absolute atomic E-state index is 0.0692. The lowest BCUT2D eigenvalue weighted by atomic mass is 10.3. The molecule has 0 aromatic carbocycles. The first-order valence-corrected chi connectivity index (χ1v) is 9.85. The van der Waals surface area contributed by atoms with Crippen LogP contribution in [0.1, 0.15) is 12.7 Å². The van der Waals surface area contributed by atoms with E-state index >= 15 is 0 Å². The molecule has 0 aliphatic carbocycles. The van der Waals surface area contributed by atoms with Gasteiger partial charge in [0.15, 0.2) is 11.7 Å². The minimum Gasteiger partial charge on any atom is -0.458 e. The Morgan fingerprint density at radius 3 is 2.68 bits per heavy atom. The second-order valence-electron chi connectivity index (χ2n) is 5.01. The molecule has 2 heterocycles. The summed E-state index contributed by atoms with van der Waals surface area (Å²) in [6, 6.07) is 3.51. The third-order valence-electron chi connectivity index (χ3n) is 2.94. The zero-order valence-electron chi connectivity index (χ0n) is 13.7. The fourth-order valence-corrected chi connectivity index (χ4v) is 3.06. The van der Waals surface area contributed by atoms with Crippen molar-refractivity contribution in [3.8, 4) is 11.5 Å². The number of nitrogens with two attached hydrogens (primary N) is 3. The van der Waals surface area contributed by atoms with Crippen molar-refractivity contribution in [3.63, 3.8) is 0 Å². The van der Waals surface area contributed by atoms with Gasteiger partial charge in [-0.1, -0.05) is 0 Å². The number of guanidine groups is 2. The molecule has 2 aromatic heterocycles. The molecule has 0 radical (unpaired) electrons. The molecule has 0 spiro atoms. The number of aliphatic imine (C=N–C) groups is 1. The quantitative estimate of drug-likeness (QED) is 0.474. The number of hydrogen-bond donors (Lipinski definition) is 3. The lowest BCUT2D eigenvalue weighted by molar-refractivity contribution is 0.375. The normalized spacial score (nSPS) is 12.2. The fourth-order valence-electron chi connectivity index (χ4n) is 1.91. The van der Waals surface area contributed by atoms with Gasteiger partial charge in [-0.25, -0.2) is 13.4 Å². The molecule has 0 saturated heterocycles. The molecule has 0 aliphatic heterocycles. The molecule has 0 fully saturated rings. The number of rotatable bonds is 6. The Bertz CT molecular complexity index is 894. The van der Waals surface area contributed by atoms with Crippen molar-refractivity contribution in [1.29, 1.82) is 0 Å². The predicted octanol–water partition coefficient (Wildman–Crippen LogP) is 0.404. The molecular formula is C13H19N7O3S2. The summed E-state index contributed by atoms with van der Waals surface area (Å²) in [6.07, 6.45) is 0.981. The van der Waals surface area contributed by atoms with Crippen molar-refractivity contribution in [3.05, 3.63) is 23.3 Å². The van der Waals surface area contributed by atoms with Gasteiger partial charge in [-0.3, -0.25) is 0 Å². The molecule has 0 amide bonds. The average molecular weight is 385 g/mol. The van der Waals surface area contributed by atoms with E-state index < -0.39 is 10.0 Å². The molecule has 2 rings (SSSR count). The Balaban J connectivity index is 2.16. The lowest BCUT2D eigenvalue weighted by Crippen LogP contribution is -2.37. The Morgan fingerprint density at radius 2 is 2.08 bits per heavy atom. The highest BCUT2D eigenvalue weighted by atomic mass is 32.2. The van der Waals surface area contributed by atoms with Crippen LogP contribution in [0.3, 0.4) is 0 Å². The van der Waals surface area contributed by atoms with Crippen LogP contribution in [0.15, 0.2) is 31.3 Å². The van der Waals surface area contributed by atoms with Crippen LogP contribution in [0.4, 0.5) is 5.13 Å². The van der Waals surface area contributed by atoms with Crippen molar-refractivity contribution in [2.75, 3.05) is 12.8 Å². The third kappa shape index (κ3) is 5.46. The first kappa shape index (κ1) is 18.7. The van der Waals surface area contributed by atoms with Crippen molar-refractivity contribution in [1.82, 2.24) is 9.88 Å². The van der Waals surface area contributed by atoms with Crippen LogP contribution in [-0.2, 0) is 16.6 Å². The zero-order valence-corrected chi connectivity index (χ0v) is 15.3. The number of hydrogen-bond acceptors (Lipinski definition) is 6. The highest BCUT2D eigenvalue weighted by Gasteiger charge is 2.14. The highest BCUT2D eigenvalue weighted by molar-refractivity contribution is 7.89. The fraction of sp³-hybridized carbons (Fsp3) is 0.308. The SMILES string of the molecule is CCN(Cc1ccc(-c2csc(N=C(N)N)n2)o1)C(N)=NS(C)(=O)=O. The maximum Gasteiger partial charge on any atom is 0.253 e. The van der Waals surface area contributed by atoms with Crippen LogP contribution in [0.2, 0.25) is 0 Å². The third-order valence-corrected chi connectivity index (χ3v) is 4.20. The summed E-state index contributed by atoms with van der Waals surface area (Å²) >= 11 is 1.28. The summed E-state index contributed by atoms with van der Waals surface area (Å²) in [5, 5.41) is 2.19. The molecule has 12 heteroatoms. The molecule has 25 heavy (non-hydrogen) atoms. The average Bonchev–Trinajstić information content (AvgIpc) is 3.11. The number of sulfonamides is 1. The molecule has 0 aliphatic rings. The van der Waals surface area contributed by atoms with E-state index in [0.717, 1.165) is 6.26 Å². The van der Waals surface area contributed by atoms with Crippen LogP contribution in [-0.4, -0.2) is 43.0 Å². The van der Waals surface area contributed by atoms with Gasteiger partial charge in [-0.15, -0.1) is 15.7 Å². The molecule has 6 N–H and O–H groups in total. The standard InChI is InChI=1S/C13H19N7O3S2/c1-3-20(12(16)19-25(2,21)22)6-8-4-5-10(23-8)9-7-24-13(17-9)18-11(14)15/h4-5,7H,3,6H2,1-2H3,(H2,16,19)(H4,14,15,17,18). The van der Waals surface area contributed by atoms with E-state index in [0.29, 0.717) is 28.9 Å². The highest BCUT2D eigenvalue weighted by Crippen LogP contribution is 2.28. The minimum atomic E-state index is -3.57. The maximum absolute atomic E-state index is 11.2. The zero-order chi connectivity index (χ0) is 18.6. The second kappa shape index (κ2) is 7.53. The van der Waals surface area contributed by atoms with Crippen molar-refractivity contribution in [2.24, 2.45) is 26.6 Å². The van der Waals surface area contributed by atoms with Gasteiger partial charge in [0.1, 0.15) is 11.5 Å². The van der Waals surface area contributed by atoms with E-state index in [1.165, 1.54) is 11.3 Å². The van der Waals surface area contributed by atoms with E-state index in [1.54, 1.807) is 22.4 Å². The van der Waals surface area contributed by atoms with Crippen LogP contribution < -0.4 is 17.2 Å². The van der Waals surface area contributed by atoms with Crippen molar-refractivity contribution >= 4 is 38.4 Å². The van der Waals surface area contributed by atoms with Crippen molar-refractivity contribution in [2.45, 2.75) is 13.5 Å². The summed E-state index contributed by atoms with van der Waals surface area (Å²) in [7, 11) is -3.57. The molecule has 0 saturated carbocycles. The van der Waals surface area contributed by atoms with Gasteiger partial charge in [0.05, 0.1) is 12.8 Å². The number of thiazole rings is 1. The molecule has 136 valence electrons. The molecule has 2 aromatic rings. The number of aromatic nitrogens is 1. The largest absolute Gasteiger partial charge is 0.458 e. The molecule has 10 nitrogen and oxygen atoms in total. The molecule has 0 unspecified atom stereocenters. The van der Waals surface area contributed by atoms with Gasteiger partial charge in [-0.2, -0.15) is 4.99 Å². The van der Waals surface area contributed by atoms with E-state index in [2.05, 4.69) is 14.4 Å². The Labute approximate surface area is 149 Å². The van der Waals surface area contributed by atoms with E-state index in [4.69, 9.17) is 21.6 Å². The van der Waals surface area contributed by atoms with E-state index in [1.807, 2.05) is 6.92 Å². The summed E-state index contributed by atoms with van der Waals surface area (Å²) in [6.45, 7) is 2.56. The second-order valence-corrected chi connectivity index (χ2v) is 7.50. The van der Waals surface area contributed by atoms with Gasteiger partial charge in [0.25, 0.3) is 10.0 Å². The Kier molecular flexibility index (Phi) is 5.64. The Morgan fingerprint density at radius 1 is 1.36 bits per heavy atom. The van der Waals surface area contributed by atoms with Gasteiger partial charge in [-0.05, 0) is 19.1 Å².